The van der Waals surface area contributed by atoms with Crippen LogP contribution in [0.25, 0.3) is 5.70 Å². The van der Waals surface area contributed by atoms with E-state index >= 15 is 0 Å². The molecule has 0 fully saturated rings. The molecular formula is C20H26N6O3. The van der Waals surface area contributed by atoms with Crippen LogP contribution in [0.3, 0.4) is 0 Å². The Morgan fingerprint density at radius 1 is 1.31 bits per heavy atom. The van der Waals surface area contributed by atoms with Crippen molar-refractivity contribution in [2.75, 3.05) is 27.2 Å². The molecule has 9 heteroatoms. The summed E-state index contributed by atoms with van der Waals surface area (Å²) in [5.74, 6) is -0.600. The van der Waals surface area contributed by atoms with Crippen LogP contribution in [-0.4, -0.2) is 60.1 Å². The summed E-state index contributed by atoms with van der Waals surface area (Å²) in [7, 11) is 3.20. The molecule has 154 valence electrons. The molecule has 2 rings (SSSR count). The van der Waals surface area contributed by atoms with Gasteiger partial charge in [0, 0.05) is 49.9 Å². The fourth-order valence-electron chi connectivity index (χ4n) is 2.88. The quantitative estimate of drug-likeness (QED) is 0.432. The minimum absolute atomic E-state index is 0.0946. The van der Waals surface area contributed by atoms with Gasteiger partial charge in [0.1, 0.15) is 17.8 Å². The third-order valence-electron chi connectivity index (χ3n) is 4.30. The van der Waals surface area contributed by atoms with Gasteiger partial charge in [0.15, 0.2) is 0 Å². The van der Waals surface area contributed by atoms with Crippen molar-refractivity contribution in [3.05, 3.63) is 59.3 Å². The number of carbonyl (C=O) groups excluding carboxylic acids is 3. The van der Waals surface area contributed by atoms with E-state index in [1.807, 2.05) is 0 Å². The topological polar surface area (TPSA) is 135 Å². The Morgan fingerprint density at radius 2 is 2.07 bits per heavy atom. The van der Waals surface area contributed by atoms with Crippen LogP contribution in [-0.2, 0) is 14.4 Å². The van der Waals surface area contributed by atoms with Gasteiger partial charge in [0.25, 0.3) is 5.91 Å². The Labute approximate surface area is 169 Å². The number of nitrogens with zero attached hydrogens (tertiary/aromatic N) is 3. The zero-order valence-corrected chi connectivity index (χ0v) is 16.6. The van der Waals surface area contributed by atoms with Gasteiger partial charge in [-0.2, -0.15) is 0 Å². The minimum atomic E-state index is -0.400. The van der Waals surface area contributed by atoms with E-state index in [2.05, 4.69) is 10.3 Å². The van der Waals surface area contributed by atoms with Gasteiger partial charge in [-0.25, -0.2) is 0 Å². The molecule has 9 nitrogen and oxygen atoms in total. The molecule has 5 N–H and O–H groups in total. The Balaban J connectivity index is 2.07. The van der Waals surface area contributed by atoms with Gasteiger partial charge in [0.2, 0.25) is 5.91 Å². The van der Waals surface area contributed by atoms with E-state index in [0.29, 0.717) is 36.9 Å². The lowest BCUT2D eigenvalue weighted by molar-refractivity contribution is -0.127. The smallest absolute Gasteiger partial charge is 0.270 e. The Morgan fingerprint density at radius 3 is 2.69 bits per heavy atom. The molecule has 1 aliphatic heterocycles. The van der Waals surface area contributed by atoms with Crippen molar-refractivity contribution >= 4 is 23.8 Å². The van der Waals surface area contributed by atoms with Gasteiger partial charge >= 0.3 is 0 Å². The molecule has 0 aromatic carbocycles. The van der Waals surface area contributed by atoms with Crippen LogP contribution in [0, 0.1) is 0 Å². The standard InChI is InChI=1S/C20H26N6O3/c1-25(2)20(29)19-15(13-27)6-4-10-26(19)12-18(28)24-17(22)8-7-16(21)14-5-3-9-23-11-14/h3,5,7-9,11,13H,4,6,10,12,21-22H2,1-2H3,(H,24,28)/b16-7-,17-8+. The number of pyridine rings is 1. The lowest BCUT2D eigenvalue weighted by atomic mass is 10.0. The van der Waals surface area contributed by atoms with Crippen LogP contribution in [0.4, 0.5) is 0 Å². The van der Waals surface area contributed by atoms with Crippen LogP contribution < -0.4 is 16.8 Å². The first-order valence-corrected chi connectivity index (χ1v) is 9.11. The highest BCUT2D eigenvalue weighted by Gasteiger charge is 2.28. The zero-order valence-electron chi connectivity index (χ0n) is 16.6. The minimum Gasteiger partial charge on any atom is -0.398 e. The van der Waals surface area contributed by atoms with Gasteiger partial charge in [0.05, 0.1) is 6.54 Å². The summed E-state index contributed by atoms with van der Waals surface area (Å²) in [5, 5.41) is 2.56. The molecule has 1 aromatic rings. The first kappa shape index (κ1) is 21.7. The maximum absolute atomic E-state index is 12.5. The number of hydrogen-bond donors (Lipinski definition) is 3. The summed E-state index contributed by atoms with van der Waals surface area (Å²) in [6, 6.07) is 3.56. The van der Waals surface area contributed by atoms with Crippen molar-refractivity contribution in [3.8, 4) is 0 Å². The first-order chi connectivity index (χ1) is 13.8. The number of aldehydes is 1. The zero-order chi connectivity index (χ0) is 21.4. The van der Waals surface area contributed by atoms with E-state index in [1.165, 1.54) is 11.0 Å². The number of nitrogens with one attached hydrogen (secondary N) is 1. The lowest BCUT2D eigenvalue weighted by Crippen LogP contribution is -2.44. The maximum atomic E-state index is 12.5. The third kappa shape index (κ3) is 5.93. The molecule has 1 aliphatic rings. The molecule has 0 atom stereocenters. The summed E-state index contributed by atoms with van der Waals surface area (Å²) < 4.78 is 0. The van der Waals surface area contributed by atoms with E-state index in [1.54, 1.807) is 49.6 Å². The second kappa shape index (κ2) is 10.1. The largest absolute Gasteiger partial charge is 0.398 e. The molecule has 29 heavy (non-hydrogen) atoms. The predicted molar refractivity (Wildman–Crippen MR) is 109 cm³/mol. The van der Waals surface area contributed by atoms with Gasteiger partial charge < -0.3 is 26.6 Å². The molecule has 2 amide bonds. The molecule has 0 saturated heterocycles. The lowest BCUT2D eigenvalue weighted by Gasteiger charge is -2.32. The predicted octanol–water partition coefficient (Wildman–Crippen LogP) is -0.0655. The number of rotatable bonds is 7. The van der Waals surface area contributed by atoms with Crippen molar-refractivity contribution in [3.63, 3.8) is 0 Å². The fraction of sp³-hybridized carbons (Fsp3) is 0.300. The number of nitrogens with two attached hydrogens (primary N) is 2. The second-order valence-corrected chi connectivity index (χ2v) is 6.75. The first-order valence-electron chi connectivity index (χ1n) is 9.11. The molecule has 0 spiro atoms. The van der Waals surface area contributed by atoms with E-state index in [0.717, 1.165) is 5.56 Å². The van der Waals surface area contributed by atoms with Crippen molar-refractivity contribution in [1.29, 1.82) is 0 Å². The molecule has 1 aromatic heterocycles. The Hall–Kier alpha value is -3.62. The molecular weight excluding hydrogens is 372 g/mol. The number of hydrogen-bond acceptors (Lipinski definition) is 7. The number of carbonyl (C=O) groups is 3. The molecule has 0 aliphatic carbocycles. The van der Waals surface area contributed by atoms with Crippen molar-refractivity contribution in [2.24, 2.45) is 11.5 Å². The van der Waals surface area contributed by atoms with E-state index < -0.39 is 5.91 Å². The van der Waals surface area contributed by atoms with E-state index in [4.69, 9.17) is 11.5 Å². The molecule has 0 saturated carbocycles. The second-order valence-electron chi connectivity index (χ2n) is 6.75. The summed E-state index contributed by atoms with van der Waals surface area (Å²) in [4.78, 5) is 43.2. The van der Waals surface area contributed by atoms with Gasteiger partial charge in [-0.3, -0.25) is 19.4 Å². The summed E-state index contributed by atoms with van der Waals surface area (Å²) in [6.45, 7) is 0.403. The van der Waals surface area contributed by atoms with E-state index in [9.17, 15) is 14.4 Å². The molecule has 2 heterocycles. The SMILES string of the molecule is CN(C)C(=O)C1=C(C=O)CCCN1CC(=O)N/C(N)=C/C=C(\N)c1cccnc1. The molecule has 0 unspecified atom stereocenters. The number of aromatic nitrogens is 1. The average Bonchev–Trinajstić information content (AvgIpc) is 2.71. The van der Waals surface area contributed by atoms with Crippen molar-refractivity contribution in [1.82, 2.24) is 20.1 Å². The van der Waals surface area contributed by atoms with Crippen LogP contribution in [0.2, 0.25) is 0 Å². The Bertz CT molecular complexity index is 858. The number of likely N-dealkylation sites (N-methyl/N-ethyl adjacent to an activating group) is 1. The molecule has 0 radical (unpaired) electrons. The van der Waals surface area contributed by atoms with Crippen LogP contribution in [0.5, 0.6) is 0 Å². The van der Waals surface area contributed by atoms with Crippen molar-refractivity contribution in [2.45, 2.75) is 12.8 Å². The average molecular weight is 398 g/mol. The number of amides is 2. The van der Waals surface area contributed by atoms with Crippen LogP contribution in [0.15, 0.2) is 53.8 Å². The Kier molecular flexibility index (Phi) is 7.53. The van der Waals surface area contributed by atoms with Gasteiger partial charge in [-0.15, -0.1) is 0 Å². The normalized spacial score (nSPS) is 15.2. The van der Waals surface area contributed by atoms with Gasteiger partial charge in [-0.1, -0.05) is 0 Å². The summed E-state index contributed by atoms with van der Waals surface area (Å²) in [6.07, 6.45) is 8.18. The van der Waals surface area contributed by atoms with Crippen molar-refractivity contribution < 1.29 is 14.4 Å². The highest BCUT2D eigenvalue weighted by Crippen LogP contribution is 2.22. The number of allylic oxidation sites excluding steroid dienone is 3. The summed E-state index contributed by atoms with van der Waals surface area (Å²) >= 11 is 0. The highest BCUT2D eigenvalue weighted by atomic mass is 16.2. The van der Waals surface area contributed by atoms with Crippen LogP contribution >= 0.6 is 0 Å². The van der Waals surface area contributed by atoms with Crippen LogP contribution in [0.1, 0.15) is 18.4 Å². The van der Waals surface area contributed by atoms with E-state index in [-0.39, 0.29) is 24.0 Å². The maximum Gasteiger partial charge on any atom is 0.270 e. The van der Waals surface area contributed by atoms with Gasteiger partial charge in [-0.05, 0) is 37.1 Å². The highest BCUT2D eigenvalue weighted by molar-refractivity contribution is 5.99. The fourth-order valence-corrected chi connectivity index (χ4v) is 2.88. The third-order valence-corrected chi connectivity index (χ3v) is 4.30. The molecule has 0 bridgehead atoms. The monoisotopic (exact) mass is 398 g/mol. The summed E-state index contributed by atoms with van der Waals surface area (Å²) in [5.41, 5.74) is 13.6.